The van der Waals surface area contributed by atoms with E-state index in [0.717, 1.165) is 36.9 Å². The third kappa shape index (κ3) is 5.31. The number of likely N-dealkylation sites (tertiary alicyclic amines) is 1. The summed E-state index contributed by atoms with van der Waals surface area (Å²) in [5.41, 5.74) is 8.04. The van der Waals surface area contributed by atoms with Crippen molar-refractivity contribution in [1.29, 1.82) is 0 Å². The second kappa shape index (κ2) is 10.5. The van der Waals surface area contributed by atoms with Crippen LogP contribution >= 0.6 is 0 Å². The molecule has 0 aliphatic carbocycles. The lowest BCUT2D eigenvalue weighted by Crippen LogP contribution is -2.40. The van der Waals surface area contributed by atoms with Gasteiger partial charge in [-0.05, 0) is 49.2 Å². The first-order valence-electron chi connectivity index (χ1n) is 12.8. The fourth-order valence-electron chi connectivity index (χ4n) is 4.81. The number of nitrogens with one attached hydrogen (secondary N) is 1. The number of anilines is 2. The van der Waals surface area contributed by atoms with Crippen LogP contribution in [0.1, 0.15) is 54.2 Å². The molecule has 0 bridgehead atoms. The van der Waals surface area contributed by atoms with Crippen molar-refractivity contribution in [3.8, 4) is 5.69 Å². The zero-order valence-electron chi connectivity index (χ0n) is 21.8. The molecule has 1 aliphatic heterocycles. The van der Waals surface area contributed by atoms with Crippen LogP contribution in [-0.4, -0.2) is 54.5 Å². The predicted molar refractivity (Wildman–Crippen MR) is 142 cm³/mol. The number of pyridine rings is 1. The number of nitrogens with zero attached hydrogens (tertiary/aromatic N) is 6. The van der Waals surface area contributed by atoms with Gasteiger partial charge in [-0.3, -0.25) is 9.59 Å². The van der Waals surface area contributed by atoms with Crippen molar-refractivity contribution in [3.05, 3.63) is 65.7 Å². The van der Waals surface area contributed by atoms with Crippen LogP contribution in [0.5, 0.6) is 0 Å². The molecule has 1 aliphatic rings. The lowest BCUT2D eigenvalue weighted by atomic mass is 9.92. The molecule has 3 N–H and O–H groups in total. The molecule has 13 heteroatoms. The number of piperidine rings is 1. The van der Waals surface area contributed by atoms with Gasteiger partial charge in [-0.1, -0.05) is 13.8 Å². The third-order valence-electron chi connectivity index (χ3n) is 6.90. The zero-order chi connectivity index (χ0) is 28.6. The molecule has 4 heterocycles. The Kier molecular flexibility index (Phi) is 7.13. The summed E-state index contributed by atoms with van der Waals surface area (Å²) in [6.45, 7) is 5.03. The highest BCUT2D eigenvalue weighted by Crippen LogP contribution is 2.34. The number of carbonyl (C=O) groups is 2. The van der Waals surface area contributed by atoms with Crippen LogP contribution in [0.15, 0.2) is 48.9 Å². The second-order valence-corrected chi connectivity index (χ2v) is 9.94. The van der Waals surface area contributed by atoms with E-state index in [9.17, 15) is 22.8 Å². The van der Waals surface area contributed by atoms with Gasteiger partial charge in [-0.2, -0.15) is 18.3 Å². The van der Waals surface area contributed by atoms with Crippen molar-refractivity contribution in [1.82, 2.24) is 29.6 Å². The van der Waals surface area contributed by atoms with Crippen LogP contribution in [0.3, 0.4) is 0 Å². The number of benzene rings is 1. The molecule has 3 aromatic heterocycles. The largest absolute Gasteiger partial charge is 0.416 e. The standard InChI is InChI=1S/C27H27F3N8O2/c1-15(2)26(40)37-11-8-16(9-12-37)21-22-23(24(31)34-14-33-22)38(36-21)19-5-3-17(4-6-19)25(39)35-20-13-18(7-10-32-20)27(28,29)30/h3-7,10,13-16H,8-9,11-12H2,1-2H3,(H2,31,33,34)(H,32,35,39). The van der Waals surface area contributed by atoms with E-state index < -0.39 is 17.6 Å². The summed E-state index contributed by atoms with van der Waals surface area (Å²) in [5.74, 6) is -0.440. The Hall–Kier alpha value is -4.55. The maximum Gasteiger partial charge on any atom is 0.416 e. The van der Waals surface area contributed by atoms with E-state index in [4.69, 9.17) is 10.8 Å². The number of carbonyl (C=O) groups excluding carboxylic acids is 2. The lowest BCUT2D eigenvalue weighted by Gasteiger charge is -2.32. The summed E-state index contributed by atoms with van der Waals surface area (Å²) in [4.78, 5) is 39.4. The van der Waals surface area contributed by atoms with Crippen LogP contribution in [0.2, 0.25) is 0 Å². The van der Waals surface area contributed by atoms with Crippen molar-refractivity contribution >= 4 is 34.5 Å². The van der Waals surface area contributed by atoms with E-state index in [1.54, 1.807) is 16.8 Å². The molecule has 5 rings (SSSR count). The van der Waals surface area contributed by atoms with Gasteiger partial charge in [0.15, 0.2) is 5.82 Å². The zero-order valence-corrected chi connectivity index (χ0v) is 21.8. The van der Waals surface area contributed by atoms with E-state index in [-0.39, 0.29) is 34.9 Å². The fourth-order valence-corrected chi connectivity index (χ4v) is 4.81. The summed E-state index contributed by atoms with van der Waals surface area (Å²) in [5, 5.41) is 7.23. The summed E-state index contributed by atoms with van der Waals surface area (Å²) in [6.07, 6.45) is -0.710. The highest BCUT2D eigenvalue weighted by molar-refractivity contribution is 6.04. The maximum absolute atomic E-state index is 13.0. The van der Waals surface area contributed by atoms with Crippen molar-refractivity contribution in [3.63, 3.8) is 0 Å². The summed E-state index contributed by atoms with van der Waals surface area (Å²) in [7, 11) is 0. The first-order chi connectivity index (χ1) is 19.0. The molecule has 1 aromatic carbocycles. The molecule has 1 saturated heterocycles. The second-order valence-electron chi connectivity index (χ2n) is 9.94. The minimum atomic E-state index is -4.55. The van der Waals surface area contributed by atoms with Gasteiger partial charge in [0.2, 0.25) is 5.91 Å². The van der Waals surface area contributed by atoms with Crippen molar-refractivity contribution in [2.24, 2.45) is 5.92 Å². The molecule has 1 fully saturated rings. The van der Waals surface area contributed by atoms with E-state index in [1.165, 1.54) is 18.5 Å². The van der Waals surface area contributed by atoms with Crippen molar-refractivity contribution in [2.75, 3.05) is 24.1 Å². The van der Waals surface area contributed by atoms with E-state index >= 15 is 0 Å². The van der Waals surface area contributed by atoms with Crippen molar-refractivity contribution in [2.45, 2.75) is 38.8 Å². The summed E-state index contributed by atoms with van der Waals surface area (Å²) in [6, 6.07) is 7.97. The number of halogens is 3. The Balaban J connectivity index is 1.39. The van der Waals surface area contributed by atoms with Gasteiger partial charge >= 0.3 is 6.18 Å². The molecule has 4 aromatic rings. The number of amides is 2. The Morgan fingerprint density at radius 3 is 2.40 bits per heavy atom. The van der Waals surface area contributed by atoms with E-state index in [0.29, 0.717) is 29.8 Å². The monoisotopic (exact) mass is 552 g/mol. The molecule has 0 atom stereocenters. The van der Waals surface area contributed by atoms with Gasteiger partial charge in [0, 0.05) is 36.7 Å². The lowest BCUT2D eigenvalue weighted by molar-refractivity contribution is -0.137. The number of rotatable bonds is 5. The molecule has 208 valence electrons. The third-order valence-corrected chi connectivity index (χ3v) is 6.90. The molecule has 0 spiro atoms. The Labute approximate surface area is 227 Å². The molecule has 0 saturated carbocycles. The molecule has 0 radical (unpaired) electrons. The number of nitrogens with two attached hydrogens (primary N) is 1. The van der Waals surface area contributed by atoms with Crippen molar-refractivity contribution < 1.29 is 22.8 Å². The Morgan fingerprint density at radius 1 is 1.05 bits per heavy atom. The van der Waals surface area contributed by atoms with Gasteiger partial charge in [0.1, 0.15) is 23.2 Å². The number of hydrogen-bond donors (Lipinski definition) is 2. The quantitative estimate of drug-likeness (QED) is 0.375. The van der Waals surface area contributed by atoms with Gasteiger partial charge in [-0.25, -0.2) is 19.6 Å². The summed E-state index contributed by atoms with van der Waals surface area (Å²) >= 11 is 0. The smallest absolute Gasteiger partial charge is 0.382 e. The van der Waals surface area contributed by atoms with Gasteiger partial charge in [-0.15, -0.1) is 0 Å². The minimum absolute atomic E-state index is 0.0597. The highest BCUT2D eigenvalue weighted by Gasteiger charge is 2.31. The predicted octanol–water partition coefficient (Wildman–Crippen LogP) is 4.43. The van der Waals surface area contributed by atoms with Crippen LogP contribution < -0.4 is 11.1 Å². The highest BCUT2D eigenvalue weighted by atomic mass is 19.4. The number of aromatic nitrogens is 5. The first kappa shape index (κ1) is 27.0. The SMILES string of the molecule is CC(C)C(=O)N1CCC(c2nn(-c3ccc(C(=O)Nc4cc(C(F)(F)F)ccn4)cc3)c3c(N)ncnc23)CC1. The van der Waals surface area contributed by atoms with Crippen LogP contribution in [-0.2, 0) is 11.0 Å². The fraction of sp³-hybridized carbons (Fsp3) is 0.333. The number of alkyl halides is 3. The Bertz CT molecular complexity index is 1560. The van der Waals surface area contributed by atoms with Crippen LogP contribution in [0.4, 0.5) is 24.8 Å². The van der Waals surface area contributed by atoms with E-state index in [1.807, 2.05) is 18.7 Å². The molecule has 0 unspecified atom stereocenters. The molecule has 10 nitrogen and oxygen atoms in total. The molecule has 40 heavy (non-hydrogen) atoms. The average Bonchev–Trinajstić information content (AvgIpc) is 3.33. The average molecular weight is 553 g/mol. The van der Waals surface area contributed by atoms with Gasteiger partial charge < -0.3 is 16.0 Å². The first-order valence-corrected chi connectivity index (χ1v) is 12.8. The minimum Gasteiger partial charge on any atom is -0.382 e. The number of hydrogen-bond acceptors (Lipinski definition) is 7. The topological polar surface area (TPSA) is 132 Å². The van der Waals surface area contributed by atoms with Crippen LogP contribution in [0.25, 0.3) is 16.7 Å². The Morgan fingerprint density at radius 2 is 1.75 bits per heavy atom. The number of nitrogen functional groups attached to an aromatic ring is 1. The van der Waals surface area contributed by atoms with E-state index in [2.05, 4.69) is 20.3 Å². The normalized spacial score (nSPS) is 14.6. The number of fused-ring (bicyclic) bond motifs is 1. The van der Waals surface area contributed by atoms with Crippen LogP contribution in [0, 0.1) is 5.92 Å². The molecular weight excluding hydrogens is 525 g/mol. The molecule has 2 amide bonds. The molecular formula is C27H27F3N8O2. The van der Waals surface area contributed by atoms with Gasteiger partial charge in [0.05, 0.1) is 16.9 Å². The summed E-state index contributed by atoms with van der Waals surface area (Å²) < 4.78 is 40.6. The van der Waals surface area contributed by atoms with Gasteiger partial charge in [0.25, 0.3) is 5.91 Å². The maximum atomic E-state index is 13.0.